The Kier molecular flexibility index (Phi) is 19.0. The summed E-state index contributed by atoms with van der Waals surface area (Å²) in [5.41, 5.74) is 4.38. The molecule has 0 aliphatic carbocycles. The quantitative estimate of drug-likeness (QED) is 0.132. The summed E-state index contributed by atoms with van der Waals surface area (Å²) in [6, 6.07) is 40.6. The first-order valence-electron chi connectivity index (χ1n) is 15.7. The van der Waals surface area contributed by atoms with Crippen LogP contribution in [0.5, 0.6) is 0 Å². The molecule has 0 bridgehead atoms. The predicted molar refractivity (Wildman–Crippen MR) is 205 cm³/mol. The van der Waals surface area contributed by atoms with E-state index in [0.29, 0.717) is 22.1 Å². The lowest BCUT2D eigenvalue weighted by molar-refractivity contribution is -0.137. The Morgan fingerprint density at radius 3 is 1.37 bits per heavy atom. The normalized spacial score (nSPS) is 9.39. The number of nitrogens with zero attached hydrogens (tertiary/aromatic N) is 4. The van der Waals surface area contributed by atoms with Crippen molar-refractivity contribution in [1.29, 1.82) is 0 Å². The van der Waals surface area contributed by atoms with E-state index in [9.17, 15) is 32.3 Å². The van der Waals surface area contributed by atoms with Crippen molar-refractivity contribution in [1.82, 2.24) is 0 Å². The van der Waals surface area contributed by atoms with Crippen molar-refractivity contribution in [3.05, 3.63) is 167 Å². The van der Waals surface area contributed by atoms with E-state index in [2.05, 4.69) is 68.5 Å². The first kappa shape index (κ1) is 43.3. The summed E-state index contributed by atoms with van der Waals surface area (Å²) >= 11 is 5.57. The molecule has 272 valence electrons. The molecule has 12 heteroatoms. The molecule has 6 rings (SSSR count). The summed E-state index contributed by atoms with van der Waals surface area (Å²) in [6.07, 6.45) is 1.20. The molecule has 0 aliphatic rings. The second-order valence-electron chi connectivity index (χ2n) is 10.8. The van der Waals surface area contributed by atoms with Crippen LogP contribution in [0.1, 0.15) is 22.3 Å². The maximum Gasteiger partial charge on any atom is 0.416 e. The highest BCUT2D eigenvalue weighted by atomic mass is 35.5. The first-order valence-corrected chi connectivity index (χ1v) is 16.1. The Bertz CT molecular complexity index is 2160. The third-order valence-corrected chi connectivity index (χ3v) is 6.99. The van der Waals surface area contributed by atoms with E-state index in [1.807, 2.05) is 51.1 Å². The van der Waals surface area contributed by atoms with E-state index in [1.165, 1.54) is 52.8 Å². The van der Waals surface area contributed by atoms with Crippen molar-refractivity contribution >= 4 is 69.4 Å². The SMILES string of the molecule is Cc1ccc(N=C=O)c(C)c1.Cc1ccc(N=C=O)cc1.O=C=Nc1ccc(Cl)cc1.O=C=Nc1cccc(C(F)(F)F)c1.c1ccc2ccccc2c1. The predicted octanol–water partition coefficient (Wildman–Crippen LogP) is 12.1. The Morgan fingerprint density at radius 1 is 0.481 bits per heavy atom. The van der Waals surface area contributed by atoms with Crippen molar-refractivity contribution in [2.75, 3.05) is 0 Å². The van der Waals surface area contributed by atoms with Crippen molar-refractivity contribution < 1.29 is 32.3 Å². The molecule has 0 saturated carbocycles. The van der Waals surface area contributed by atoms with Crippen LogP contribution in [0.4, 0.5) is 35.9 Å². The van der Waals surface area contributed by atoms with E-state index in [0.717, 1.165) is 23.3 Å². The second kappa shape index (κ2) is 23.6. The average Bonchev–Trinajstić information content (AvgIpc) is 3.16. The highest BCUT2D eigenvalue weighted by molar-refractivity contribution is 6.30. The van der Waals surface area contributed by atoms with Crippen LogP contribution in [0.25, 0.3) is 10.8 Å². The number of hydrogen-bond donors (Lipinski definition) is 0. The molecule has 0 spiro atoms. The van der Waals surface area contributed by atoms with Crippen LogP contribution in [0.2, 0.25) is 5.02 Å². The minimum Gasteiger partial charge on any atom is -0.211 e. The number of carbonyl (C=O) groups excluding carboxylic acids is 4. The van der Waals surface area contributed by atoms with Crippen LogP contribution in [-0.2, 0) is 25.4 Å². The lowest BCUT2D eigenvalue weighted by Gasteiger charge is -2.05. The molecule has 8 nitrogen and oxygen atoms in total. The zero-order chi connectivity index (χ0) is 39.8. The van der Waals surface area contributed by atoms with Gasteiger partial charge >= 0.3 is 6.18 Å². The van der Waals surface area contributed by atoms with Crippen LogP contribution in [-0.4, -0.2) is 24.3 Å². The Balaban J connectivity index is 0.000000234. The Morgan fingerprint density at radius 2 is 0.926 bits per heavy atom. The number of benzene rings is 6. The molecule has 0 unspecified atom stereocenters. The third kappa shape index (κ3) is 16.9. The highest BCUT2D eigenvalue weighted by Crippen LogP contribution is 2.31. The molecule has 0 saturated heterocycles. The smallest absolute Gasteiger partial charge is 0.211 e. The second-order valence-corrected chi connectivity index (χ2v) is 11.2. The van der Waals surface area contributed by atoms with Gasteiger partial charge in [0.15, 0.2) is 0 Å². The minimum atomic E-state index is -4.41. The van der Waals surface area contributed by atoms with E-state index in [4.69, 9.17) is 11.6 Å². The van der Waals surface area contributed by atoms with Gasteiger partial charge in [0.25, 0.3) is 0 Å². The molecule has 0 aliphatic heterocycles. The van der Waals surface area contributed by atoms with Crippen molar-refractivity contribution in [2.24, 2.45) is 20.0 Å². The summed E-state index contributed by atoms with van der Waals surface area (Å²) in [7, 11) is 0. The van der Waals surface area contributed by atoms with Crippen LogP contribution in [0.3, 0.4) is 0 Å². The van der Waals surface area contributed by atoms with Gasteiger partial charge in [0.05, 0.1) is 28.3 Å². The molecule has 6 aromatic rings. The number of fused-ring (bicyclic) bond motifs is 1. The molecule has 0 atom stereocenters. The Hall–Kier alpha value is -6.82. The fraction of sp³-hybridized carbons (Fsp3) is 0.0952. The van der Waals surface area contributed by atoms with Gasteiger partial charge in [-0.2, -0.15) is 33.1 Å². The molecule has 0 amide bonds. The third-order valence-electron chi connectivity index (χ3n) is 6.74. The van der Waals surface area contributed by atoms with E-state index < -0.39 is 11.7 Å². The highest BCUT2D eigenvalue weighted by Gasteiger charge is 2.30. The maximum absolute atomic E-state index is 12.1. The fourth-order valence-electron chi connectivity index (χ4n) is 4.16. The summed E-state index contributed by atoms with van der Waals surface area (Å²) in [6.45, 7) is 5.90. The van der Waals surface area contributed by atoms with Gasteiger partial charge in [-0.3, -0.25) is 0 Å². The zero-order valence-corrected chi connectivity index (χ0v) is 30.0. The lowest BCUT2D eigenvalue weighted by atomic mass is 10.1. The van der Waals surface area contributed by atoms with Gasteiger partial charge in [-0.25, -0.2) is 19.2 Å². The fourth-order valence-corrected chi connectivity index (χ4v) is 4.28. The maximum atomic E-state index is 12.1. The van der Waals surface area contributed by atoms with Crippen molar-refractivity contribution in [3.8, 4) is 0 Å². The molecule has 0 fully saturated rings. The van der Waals surface area contributed by atoms with E-state index in [-0.39, 0.29) is 5.69 Å². The molecular weight excluding hydrogens is 717 g/mol. The summed E-state index contributed by atoms with van der Waals surface area (Å²) in [5, 5.41) is 3.25. The van der Waals surface area contributed by atoms with Gasteiger partial charge in [-0.1, -0.05) is 102 Å². The topological polar surface area (TPSA) is 118 Å². The van der Waals surface area contributed by atoms with E-state index >= 15 is 0 Å². The number of aryl methyl sites for hydroxylation is 3. The van der Waals surface area contributed by atoms with Crippen molar-refractivity contribution in [2.45, 2.75) is 26.9 Å². The van der Waals surface area contributed by atoms with Crippen LogP contribution in [0.15, 0.2) is 159 Å². The van der Waals surface area contributed by atoms with Crippen molar-refractivity contribution in [3.63, 3.8) is 0 Å². The number of aliphatic imine (C=N–C) groups is 4. The molecule has 0 aromatic heterocycles. The summed E-state index contributed by atoms with van der Waals surface area (Å²) in [4.78, 5) is 52.6. The minimum absolute atomic E-state index is 0.0511. The average molecular weight is 749 g/mol. The number of isocyanates is 4. The zero-order valence-electron chi connectivity index (χ0n) is 29.2. The van der Waals surface area contributed by atoms with Gasteiger partial charge in [0, 0.05) is 5.02 Å². The number of hydrogen-bond acceptors (Lipinski definition) is 8. The largest absolute Gasteiger partial charge is 0.416 e. The number of rotatable bonds is 4. The van der Waals surface area contributed by atoms with Gasteiger partial charge in [-0.15, -0.1) is 0 Å². The van der Waals surface area contributed by atoms with Gasteiger partial charge in [-0.05, 0) is 97.8 Å². The van der Waals surface area contributed by atoms with Gasteiger partial charge < -0.3 is 0 Å². The van der Waals surface area contributed by atoms with Crippen LogP contribution >= 0.6 is 11.6 Å². The molecule has 0 radical (unpaired) electrons. The first-order chi connectivity index (χ1) is 25.9. The summed E-state index contributed by atoms with van der Waals surface area (Å²) in [5.74, 6) is 0. The number of alkyl halides is 3. The molecule has 0 heterocycles. The molecule has 0 N–H and O–H groups in total. The molecular formula is C42H32ClF3N4O4. The number of halogens is 4. The Labute approximate surface area is 314 Å². The van der Waals surface area contributed by atoms with E-state index in [1.54, 1.807) is 36.4 Å². The molecule has 54 heavy (non-hydrogen) atoms. The van der Waals surface area contributed by atoms with Gasteiger partial charge in [0.1, 0.15) is 0 Å². The van der Waals surface area contributed by atoms with Crippen LogP contribution in [0, 0.1) is 20.8 Å². The van der Waals surface area contributed by atoms with Gasteiger partial charge in [0.2, 0.25) is 24.3 Å². The lowest BCUT2D eigenvalue weighted by Crippen LogP contribution is -2.03. The monoisotopic (exact) mass is 748 g/mol. The molecule has 6 aromatic carbocycles. The summed E-state index contributed by atoms with van der Waals surface area (Å²) < 4.78 is 36.2. The standard InChI is InChI=1S/C10H8.C9H9NO.C8H4F3NO.C8H7NO.C7H4ClNO/c1-2-6-10-8-4-3-7-9(10)5-1;1-7-3-4-9(10-6-11)8(2)5-7;9-8(10,11)6-2-1-3-7(4-6)12-5-13;1-7-2-4-8(5-3-7)9-6-10;8-6-1-3-7(4-2-6)9-5-10/h1-8H;3-5H,1-2H3;1-4H;2-5H,1H3;1-4H. The van der Waals surface area contributed by atoms with Crippen LogP contribution < -0.4 is 0 Å².